The van der Waals surface area contributed by atoms with Crippen molar-refractivity contribution in [2.45, 2.75) is 25.3 Å². The summed E-state index contributed by atoms with van der Waals surface area (Å²) in [5.41, 5.74) is -0.0980. The Bertz CT molecular complexity index is 674. The fourth-order valence-electron chi connectivity index (χ4n) is 1.69. The van der Waals surface area contributed by atoms with Crippen molar-refractivity contribution in [1.82, 2.24) is 14.1 Å². The van der Waals surface area contributed by atoms with Crippen LogP contribution in [-0.2, 0) is 25.9 Å². The first-order valence-corrected chi connectivity index (χ1v) is 7.28. The van der Waals surface area contributed by atoms with E-state index in [-0.39, 0.29) is 0 Å². The zero-order valence-corrected chi connectivity index (χ0v) is 12.1. The normalized spacial score (nSPS) is 10.8. The summed E-state index contributed by atoms with van der Waals surface area (Å²) in [6.45, 7) is 0.519. The van der Waals surface area contributed by atoms with Gasteiger partial charge >= 0.3 is 11.1 Å². The van der Waals surface area contributed by atoms with Crippen LogP contribution in [0, 0.1) is 0 Å². The molecule has 0 amide bonds. The average Bonchev–Trinajstić information content (AvgIpc) is 2.87. The SMILES string of the molecule is Cn1ccn(CCCc2nc(CCl)cs2)c(=O)c1=O. The topological polar surface area (TPSA) is 56.9 Å². The zero-order valence-electron chi connectivity index (χ0n) is 10.5. The second-order valence-electron chi connectivity index (χ2n) is 4.18. The average molecular weight is 300 g/mol. The molecule has 0 fully saturated rings. The molecule has 5 nitrogen and oxygen atoms in total. The molecule has 0 aromatic carbocycles. The molecule has 7 heteroatoms. The maximum atomic E-state index is 11.7. The highest BCUT2D eigenvalue weighted by Crippen LogP contribution is 2.13. The van der Waals surface area contributed by atoms with Gasteiger partial charge in [-0.25, -0.2) is 4.98 Å². The van der Waals surface area contributed by atoms with Crippen LogP contribution in [0.2, 0.25) is 0 Å². The molecule has 0 atom stereocenters. The number of hydrogen-bond acceptors (Lipinski definition) is 4. The summed E-state index contributed by atoms with van der Waals surface area (Å²) in [6.07, 6.45) is 4.78. The molecule has 0 bridgehead atoms. The molecule has 0 spiro atoms. The molecular weight excluding hydrogens is 286 g/mol. The van der Waals surface area contributed by atoms with E-state index in [0.29, 0.717) is 12.4 Å². The Kier molecular flexibility index (Phi) is 4.55. The van der Waals surface area contributed by atoms with Gasteiger partial charge in [-0.05, 0) is 6.42 Å². The van der Waals surface area contributed by atoms with Crippen molar-refractivity contribution >= 4 is 22.9 Å². The van der Waals surface area contributed by atoms with Crippen molar-refractivity contribution in [3.05, 3.63) is 49.2 Å². The molecule has 2 aromatic rings. The summed E-state index contributed by atoms with van der Waals surface area (Å²) in [4.78, 5) is 27.5. The third kappa shape index (κ3) is 3.33. The van der Waals surface area contributed by atoms with Gasteiger partial charge < -0.3 is 9.13 Å². The van der Waals surface area contributed by atoms with Gasteiger partial charge in [0.1, 0.15) is 0 Å². The summed E-state index contributed by atoms with van der Waals surface area (Å²) in [5.74, 6) is 0.421. The van der Waals surface area contributed by atoms with Crippen LogP contribution < -0.4 is 11.1 Å². The van der Waals surface area contributed by atoms with Crippen LogP contribution in [0.25, 0.3) is 0 Å². The number of halogens is 1. The summed E-state index contributed by atoms with van der Waals surface area (Å²) in [6, 6.07) is 0. The molecule has 2 aromatic heterocycles. The van der Waals surface area contributed by atoms with Crippen LogP contribution in [0.5, 0.6) is 0 Å². The molecule has 0 N–H and O–H groups in total. The van der Waals surface area contributed by atoms with Gasteiger partial charge in [0.05, 0.1) is 16.6 Å². The highest BCUT2D eigenvalue weighted by molar-refractivity contribution is 7.09. The molecule has 0 saturated carbocycles. The van der Waals surface area contributed by atoms with Crippen LogP contribution >= 0.6 is 22.9 Å². The van der Waals surface area contributed by atoms with Crippen LogP contribution in [0.3, 0.4) is 0 Å². The van der Waals surface area contributed by atoms with Gasteiger partial charge in [0, 0.05) is 37.8 Å². The van der Waals surface area contributed by atoms with E-state index < -0.39 is 11.1 Å². The van der Waals surface area contributed by atoms with Crippen molar-refractivity contribution in [2.24, 2.45) is 7.05 Å². The van der Waals surface area contributed by atoms with Crippen molar-refractivity contribution in [1.29, 1.82) is 0 Å². The molecule has 102 valence electrons. The van der Waals surface area contributed by atoms with Gasteiger partial charge in [-0.1, -0.05) is 0 Å². The highest BCUT2D eigenvalue weighted by Gasteiger charge is 2.04. The van der Waals surface area contributed by atoms with Crippen LogP contribution in [-0.4, -0.2) is 14.1 Å². The van der Waals surface area contributed by atoms with E-state index >= 15 is 0 Å². The second-order valence-corrected chi connectivity index (χ2v) is 5.39. The van der Waals surface area contributed by atoms with Crippen molar-refractivity contribution < 1.29 is 0 Å². The Labute approximate surface area is 119 Å². The lowest BCUT2D eigenvalue weighted by atomic mass is 10.3. The van der Waals surface area contributed by atoms with Crippen molar-refractivity contribution in [3.63, 3.8) is 0 Å². The minimum absolute atomic E-state index is 0.421. The summed E-state index contributed by atoms with van der Waals surface area (Å²) in [5, 5.41) is 2.94. The molecule has 0 radical (unpaired) electrons. The number of thiazole rings is 1. The lowest BCUT2D eigenvalue weighted by Crippen LogP contribution is -2.39. The van der Waals surface area contributed by atoms with E-state index in [0.717, 1.165) is 23.5 Å². The predicted octanol–water partition coefficient (Wildman–Crippen LogP) is 1.38. The zero-order chi connectivity index (χ0) is 13.8. The third-order valence-electron chi connectivity index (χ3n) is 2.76. The molecule has 19 heavy (non-hydrogen) atoms. The molecule has 0 aliphatic carbocycles. The molecule has 0 aliphatic heterocycles. The maximum absolute atomic E-state index is 11.7. The van der Waals surface area contributed by atoms with Crippen LogP contribution in [0.4, 0.5) is 0 Å². The highest BCUT2D eigenvalue weighted by atomic mass is 35.5. The maximum Gasteiger partial charge on any atom is 0.316 e. The van der Waals surface area contributed by atoms with Gasteiger partial charge in [-0.3, -0.25) is 9.59 Å². The van der Waals surface area contributed by atoms with E-state index in [4.69, 9.17) is 11.6 Å². The lowest BCUT2D eigenvalue weighted by Gasteiger charge is -2.04. The van der Waals surface area contributed by atoms with E-state index in [2.05, 4.69) is 4.98 Å². The molecule has 0 unspecified atom stereocenters. The second kappa shape index (κ2) is 6.16. The smallest absolute Gasteiger partial charge is 0.312 e. The van der Waals surface area contributed by atoms with Crippen LogP contribution in [0.15, 0.2) is 27.4 Å². The minimum Gasteiger partial charge on any atom is -0.312 e. The van der Waals surface area contributed by atoms with Crippen molar-refractivity contribution in [2.75, 3.05) is 0 Å². The number of aryl methyl sites for hydroxylation is 3. The lowest BCUT2D eigenvalue weighted by molar-refractivity contribution is 0.599. The quantitative estimate of drug-likeness (QED) is 0.619. The monoisotopic (exact) mass is 299 g/mol. The Balaban J connectivity index is 1.98. The van der Waals surface area contributed by atoms with E-state index in [1.54, 1.807) is 30.8 Å². The number of aromatic nitrogens is 3. The minimum atomic E-state index is -0.499. The van der Waals surface area contributed by atoms with Gasteiger partial charge in [-0.15, -0.1) is 22.9 Å². The largest absolute Gasteiger partial charge is 0.316 e. The van der Waals surface area contributed by atoms with Gasteiger partial charge in [0.15, 0.2) is 0 Å². The Morgan fingerprint density at radius 1 is 1.32 bits per heavy atom. The molecule has 0 saturated heterocycles. The van der Waals surface area contributed by atoms with Crippen molar-refractivity contribution in [3.8, 4) is 0 Å². The summed E-state index contributed by atoms with van der Waals surface area (Å²) < 4.78 is 2.73. The number of rotatable bonds is 5. The molecule has 2 heterocycles. The standard InChI is InChI=1S/C12H14ClN3O2S/c1-15-5-6-16(12(18)11(15)17)4-2-3-10-14-9(7-13)8-19-10/h5-6,8H,2-4,7H2,1H3. The Morgan fingerprint density at radius 3 is 2.79 bits per heavy atom. The van der Waals surface area contributed by atoms with Gasteiger partial charge in [-0.2, -0.15) is 0 Å². The van der Waals surface area contributed by atoms with E-state index in [1.807, 2.05) is 5.38 Å². The predicted molar refractivity (Wildman–Crippen MR) is 75.9 cm³/mol. The fraction of sp³-hybridized carbons (Fsp3) is 0.417. The van der Waals surface area contributed by atoms with E-state index in [1.165, 1.54) is 9.13 Å². The van der Waals surface area contributed by atoms with Gasteiger partial charge in [0.25, 0.3) is 0 Å². The molecule has 0 aliphatic rings. The fourth-order valence-corrected chi connectivity index (χ4v) is 2.76. The summed E-state index contributed by atoms with van der Waals surface area (Å²) in [7, 11) is 1.57. The molecule has 2 rings (SSSR count). The number of hydrogen-bond donors (Lipinski definition) is 0. The van der Waals surface area contributed by atoms with Gasteiger partial charge in [0.2, 0.25) is 0 Å². The first-order chi connectivity index (χ1) is 9.11. The first-order valence-electron chi connectivity index (χ1n) is 5.87. The Morgan fingerprint density at radius 2 is 2.11 bits per heavy atom. The Hall–Kier alpha value is -1.40. The van der Waals surface area contributed by atoms with Crippen LogP contribution in [0.1, 0.15) is 17.1 Å². The first kappa shape index (κ1) is 14.0. The number of alkyl halides is 1. The molecular formula is C12H14ClN3O2S. The third-order valence-corrected chi connectivity index (χ3v) is 3.99. The number of nitrogens with zero attached hydrogens (tertiary/aromatic N) is 3. The summed E-state index contributed by atoms with van der Waals surface area (Å²) >= 11 is 7.26. The van der Waals surface area contributed by atoms with E-state index in [9.17, 15) is 9.59 Å².